The summed E-state index contributed by atoms with van der Waals surface area (Å²) >= 11 is 11.2. The van der Waals surface area contributed by atoms with Gasteiger partial charge in [0.2, 0.25) is 0 Å². The first-order valence-corrected chi connectivity index (χ1v) is 48.2. The van der Waals surface area contributed by atoms with Crippen LogP contribution in [0.5, 0.6) is 0 Å². The Morgan fingerprint density at radius 2 is 0.465 bits per heavy atom. The van der Waals surface area contributed by atoms with Crippen LogP contribution in [0.25, 0.3) is 303 Å². The average molecular weight is 1750 g/mol. The van der Waals surface area contributed by atoms with Gasteiger partial charge in [0, 0.05) is 170 Å². The standard InChI is InChI=1S/3C38H19N3S2/c1-5-14-30-22(8-1)23-11-7-10-21(37(23)43-30)20-16-17-29-25(18-20)26-19-32-33(24-9-2-6-15-31(24)42-32)34-35-38(41(29)36(26)34)40-28-13-4-3-12-27(28)39-35;1-5-11-30-22(7-1)23-15-13-21(18-32(23)42-30)20-14-16-29-25(17-20)26-19-33-34(24-8-2-6-12-31(24)43-33)35-36-38(41(29)37(26)35)40-28-10-4-3-9-27(28)39-36;1-5-11-30-22(7-1)25-18-21(14-16-32(25)42-30)20-13-15-29-24(17-20)26-19-33-34(23-8-2-6-12-31(23)43-33)35-36-38(41(29)37(26)35)40-28-10-4-3-9-27(28)39-36/h3*1-19H. The molecule has 0 atom stereocenters. The second-order valence-corrected chi connectivity index (χ2v) is 40.6. The van der Waals surface area contributed by atoms with Gasteiger partial charge in [-0.05, 0) is 179 Å². The highest BCUT2D eigenvalue weighted by Crippen LogP contribution is 2.54. The summed E-state index contributed by atoms with van der Waals surface area (Å²) < 4.78 is 22.9. The molecule has 0 spiro atoms. The number of hydrogen-bond donors (Lipinski definition) is 0. The van der Waals surface area contributed by atoms with Gasteiger partial charge in [-0.2, -0.15) is 0 Å². The number of nitrogens with zero attached hydrogens (tertiary/aromatic N) is 9. The number of rotatable bonds is 3. The molecule has 0 saturated heterocycles. The highest BCUT2D eigenvalue weighted by molar-refractivity contribution is 7.28. The topological polar surface area (TPSA) is 90.6 Å². The third kappa shape index (κ3) is 9.63. The van der Waals surface area contributed by atoms with Crippen molar-refractivity contribution in [2.75, 3.05) is 0 Å². The number of benzene rings is 18. The lowest BCUT2D eigenvalue weighted by Crippen LogP contribution is -1.89. The minimum absolute atomic E-state index is 0.920. The van der Waals surface area contributed by atoms with Crippen LogP contribution in [-0.4, -0.2) is 43.1 Å². The molecule has 0 bridgehead atoms. The lowest BCUT2D eigenvalue weighted by molar-refractivity contribution is 1.28. The summed E-state index contributed by atoms with van der Waals surface area (Å²) in [7, 11) is 0. The molecule has 0 fully saturated rings. The summed E-state index contributed by atoms with van der Waals surface area (Å²) in [4.78, 5) is 31.4. The van der Waals surface area contributed by atoms with Crippen molar-refractivity contribution in [1.29, 1.82) is 0 Å². The minimum Gasteiger partial charge on any atom is -0.291 e. The molecule has 0 saturated carbocycles. The van der Waals surface area contributed by atoms with Crippen molar-refractivity contribution < 1.29 is 0 Å². The molecule has 129 heavy (non-hydrogen) atoms. The Morgan fingerprint density at radius 1 is 0.171 bits per heavy atom. The van der Waals surface area contributed by atoms with E-state index in [2.05, 4.69) is 323 Å². The number of fused-ring (bicyclic) bond motifs is 42. The second-order valence-electron chi connectivity index (χ2n) is 34.1. The molecular weight excluding hydrogens is 1690 g/mol. The van der Waals surface area contributed by atoms with Crippen molar-refractivity contribution in [1.82, 2.24) is 43.1 Å². The highest BCUT2D eigenvalue weighted by atomic mass is 32.1. The molecular formula is C114H57N9S6. The Kier molecular flexibility index (Phi) is 14.0. The summed E-state index contributed by atoms with van der Waals surface area (Å²) in [6.45, 7) is 0. The summed E-state index contributed by atoms with van der Waals surface area (Å²) in [5.74, 6) is 0. The van der Waals surface area contributed by atoms with Gasteiger partial charge in [0.15, 0.2) is 16.9 Å². The van der Waals surface area contributed by atoms with Crippen LogP contribution in [0.2, 0.25) is 0 Å². The van der Waals surface area contributed by atoms with Gasteiger partial charge in [0.05, 0.1) is 66.2 Å². The number of hydrogen-bond acceptors (Lipinski definition) is 12. The van der Waals surface area contributed by atoms with Crippen molar-refractivity contribution in [3.8, 4) is 33.4 Å². The lowest BCUT2D eigenvalue weighted by Gasteiger charge is -2.06. The first-order chi connectivity index (χ1) is 63.9. The van der Waals surface area contributed by atoms with Crippen LogP contribution in [0.4, 0.5) is 0 Å². The van der Waals surface area contributed by atoms with E-state index < -0.39 is 0 Å². The Bertz CT molecular complexity index is 10800. The van der Waals surface area contributed by atoms with Gasteiger partial charge in [-0.15, -0.1) is 68.0 Å². The molecule has 33 aromatic rings. The van der Waals surface area contributed by atoms with Gasteiger partial charge >= 0.3 is 0 Å². The molecule has 9 nitrogen and oxygen atoms in total. The maximum Gasteiger partial charge on any atom is 0.165 e. The summed E-state index contributed by atoms with van der Waals surface area (Å²) in [5, 5.41) is 26.9. The van der Waals surface area contributed by atoms with E-state index in [0.717, 1.165) is 66.6 Å². The number of aromatic nitrogens is 9. The molecule has 0 aliphatic heterocycles. The van der Waals surface area contributed by atoms with Crippen LogP contribution in [0.15, 0.2) is 346 Å². The predicted molar refractivity (Wildman–Crippen MR) is 556 cm³/mol. The summed E-state index contributed by atoms with van der Waals surface area (Å²) in [5.41, 5.74) is 25.9. The Hall–Kier alpha value is -15.3. The zero-order chi connectivity index (χ0) is 83.4. The Morgan fingerprint density at radius 3 is 0.907 bits per heavy atom. The maximum absolute atomic E-state index is 5.25. The van der Waals surface area contributed by atoms with Crippen molar-refractivity contribution in [2.24, 2.45) is 0 Å². The molecule has 18 aromatic carbocycles. The zero-order valence-corrected chi connectivity index (χ0v) is 72.8. The van der Waals surface area contributed by atoms with Crippen LogP contribution in [0, 0.1) is 0 Å². The first-order valence-electron chi connectivity index (χ1n) is 43.3. The SMILES string of the molecule is c1ccc2nc3c(nc2c1)c1c2c(cc4c5cc(-c6ccc7c(c6)sc6ccccc67)ccc5n3c41)sc1ccccc12.c1ccc2nc3c(nc2c1)c1c2c(cc4c5cc(-c6ccc7sc8ccccc8c7c6)ccc5n3c41)sc1ccccc12.c1ccc2nc3c(nc2c1)c1c2c(cc4c5cc(-c6cccc7c6sc6ccccc67)ccc5n3c41)sc1ccccc12. The molecule has 15 heteroatoms. The predicted octanol–water partition coefficient (Wildman–Crippen LogP) is 33.5. The van der Waals surface area contributed by atoms with Crippen molar-refractivity contribution >= 4 is 337 Å². The number of thiophene rings is 6. The third-order valence-electron chi connectivity index (χ3n) is 27.3. The van der Waals surface area contributed by atoms with E-state index in [-0.39, 0.29) is 0 Å². The quantitative estimate of drug-likeness (QED) is 0.175. The van der Waals surface area contributed by atoms with Crippen LogP contribution in [0.3, 0.4) is 0 Å². The van der Waals surface area contributed by atoms with Crippen LogP contribution < -0.4 is 0 Å². The monoisotopic (exact) mass is 1740 g/mol. The molecule has 0 unspecified atom stereocenters. The normalized spacial score (nSPS) is 12.7. The van der Waals surface area contributed by atoms with E-state index in [9.17, 15) is 0 Å². The van der Waals surface area contributed by atoms with Crippen molar-refractivity contribution in [3.63, 3.8) is 0 Å². The molecule has 0 radical (unpaired) electrons. The molecule has 0 amide bonds. The summed E-state index contributed by atoms with van der Waals surface area (Å²) in [6, 6.07) is 126. The van der Waals surface area contributed by atoms with Gasteiger partial charge in [0.1, 0.15) is 16.6 Å². The largest absolute Gasteiger partial charge is 0.291 e. The lowest BCUT2D eigenvalue weighted by atomic mass is 9.99. The molecule has 15 aromatic heterocycles. The Balaban J connectivity index is 0.0000000919. The molecule has 0 aliphatic rings. The van der Waals surface area contributed by atoms with E-state index in [1.807, 2.05) is 104 Å². The summed E-state index contributed by atoms with van der Waals surface area (Å²) in [6.07, 6.45) is 0. The van der Waals surface area contributed by atoms with Crippen molar-refractivity contribution in [3.05, 3.63) is 346 Å². The fourth-order valence-corrected chi connectivity index (χ4v) is 28.7. The van der Waals surface area contributed by atoms with E-state index >= 15 is 0 Å². The molecule has 33 rings (SSSR count). The highest BCUT2D eigenvalue weighted by Gasteiger charge is 2.30. The smallest absolute Gasteiger partial charge is 0.165 e. The molecule has 15 heterocycles. The average Bonchev–Trinajstić information content (AvgIpc) is 1.53. The fraction of sp³-hybridized carbons (Fsp3) is 0. The van der Waals surface area contributed by atoms with Gasteiger partial charge in [-0.3, -0.25) is 13.2 Å². The number of para-hydroxylation sites is 6. The maximum atomic E-state index is 5.25. The van der Waals surface area contributed by atoms with Gasteiger partial charge in [-0.1, -0.05) is 200 Å². The Labute approximate surface area is 753 Å². The fourth-order valence-electron chi connectivity index (χ4n) is 21.8. The van der Waals surface area contributed by atoms with Crippen molar-refractivity contribution in [2.45, 2.75) is 0 Å². The van der Waals surface area contributed by atoms with Crippen LogP contribution >= 0.6 is 68.0 Å². The second kappa shape index (κ2) is 25.7. The third-order valence-corrected chi connectivity index (χ3v) is 34.2. The minimum atomic E-state index is 0.920. The van der Waals surface area contributed by atoms with E-state index in [0.29, 0.717) is 0 Å². The molecule has 594 valence electrons. The molecule has 0 N–H and O–H groups in total. The van der Waals surface area contributed by atoms with E-state index in [1.54, 1.807) is 0 Å². The van der Waals surface area contributed by atoms with Gasteiger partial charge in [0.25, 0.3) is 0 Å². The van der Waals surface area contributed by atoms with Crippen LogP contribution in [0.1, 0.15) is 0 Å². The van der Waals surface area contributed by atoms with Gasteiger partial charge < -0.3 is 0 Å². The van der Waals surface area contributed by atoms with E-state index in [1.165, 1.54) is 236 Å². The zero-order valence-electron chi connectivity index (χ0n) is 67.9. The van der Waals surface area contributed by atoms with E-state index in [4.69, 9.17) is 29.9 Å². The van der Waals surface area contributed by atoms with Gasteiger partial charge in [-0.25, -0.2) is 29.9 Å². The first kappa shape index (κ1) is 69.9. The van der Waals surface area contributed by atoms with Crippen LogP contribution in [-0.2, 0) is 0 Å². The molecule has 0 aliphatic carbocycles.